The van der Waals surface area contributed by atoms with Crippen LogP contribution in [0.4, 0.5) is 5.69 Å². The molecule has 1 aromatic rings. The molecule has 86 valence electrons. The van der Waals surface area contributed by atoms with Gasteiger partial charge in [-0.05, 0) is 19.1 Å². The SMILES string of the molecule is [2H]C1OC(=O)c2cc(N3N=C(C)CC3=O)ccc21. The van der Waals surface area contributed by atoms with Gasteiger partial charge in [-0.1, -0.05) is 6.07 Å². The molecular weight excluding hydrogens is 220 g/mol. The monoisotopic (exact) mass is 231 g/mol. The molecule has 1 atom stereocenters. The Kier molecular flexibility index (Phi) is 1.79. The molecule has 1 aromatic carbocycles. The van der Waals surface area contributed by atoms with E-state index in [-0.39, 0.29) is 5.91 Å². The van der Waals surface area contributed by atoms with E-state index in [2.05, 4.69) is 5.10 Å². The number of amides is 1. The van der Waals surface area contributed by atoms with Crippen molar-refractivity contribution < 1.29 is 15.7 Å². The lowest BCUT2D eigenvalue weighted by atomic mass is 10.1. The van der Waals surface area contributed by atoms with Gasteiger partial charge >= 0.3 is 5.97 Å². The van der Waals surface area contributed by atoms with E-state index in [0.29, 0.717) is 23.2 Å². The smallest absolute Gasteiger partial charge is 0.338 e. The van der Waals surface area contributed by atoms with E-state index >= 15 is 0 Å². The zero-order valence-electron chi connectivity index (χ0n) is 10.1. The number of hydrogen-bond donors (Lipinski definition) is 0. The topological polar surface area (TPSA) is 59.0 Å². The molecule has 0 radical (unpaired) electrons. The van der Waals surface area contributed by atoms with Gasteiger partial charge in [-0.25, -0.2) is 9.80 Å². The number of anilines is 1. The third kappa shape index (κ3) is 1.51. The summed E-state index contributed by atoms with van der Waals surface area (Å²) in [6, 6.07) is 4.85. The molecule has 5 nitrogen and oxygen atoms in total. The average molecular weight is 231 g/mol. The van der Waals surface area contributed by atoms with Crippen molar-refractivity contribution in [2.45, 2.75) is 19.9 Å². The number of carbonyl (C=O) groups excluding carboxylic acids is 2. The van der Waals surface area contributed by atoms with E-state index < -0.39 is 12.6 Å². The van der Waals surface area contributed by atoms with Crippen LogP contribution in [-0.2, 0) is 16.1 Å². The van der Waals surface area contributed by atoms with Crippen LogP contribution in [0.25, 0.3) is 0 Å². The van der Waals surface area contributed by atoms with E-state index in [1.165, 1.54) is 5.01 Å². The number of hydrogen-bond acceptors (Lipinski definition) is 4. The van der Waals surface area contributed by atoms with Gasteiger partial charge in [0.25, 0.3) is 5.91 Å². The van der Waals surface area contributed by atoms with Crippen molar-refractivity contribution in [1.82, 2.24) is 0 Å². The Morgan fingerprint density at radius 2 is 2.29 bits per heavy atom. The number of nitrogens with zero attached hydrogens (tertiary/aromatic N) is 2. The van der Waals surface area contributed by atoms with Crippen molar-refractivity contribution in [1.29, 1.82) is 0 Å². The van der Waals surface area contributed by atoms with Crippen LogP contribution < -0.4 is 5.01 Å². The molecule has 0 saturated heterocycles. The van der Waals surface area contributed by atoms with E-state index in [1.54, 1.807) is 25.1 Å². The van der Waals surface area contributed by atoms with Crippen LogP contribution in [0.1, 0.15) is 30.6 Å². The molecule has 2 aliphatic rings. The van der Waals surface area contributed by atoms with Crippen LogP contribution in [0.5, 0.6) is 0 Å². The van der Waals surface area contributed by atoms with Crippen molar-refractivity contribution in [3.8, 4) is 0 Å². The lowest BCUT2D eigenvalue weighted by Crippen LogP contribution is -2.19. The summed E-state index contributed by atoms with van der Waals surface area (Å²) >= 11 is 0. The zero-order valence-corrected chi connectivity index (χ0v) is 9.14. The summed E-state index contributed by atoms with van der Waals surface area (Å²) in [4.78, 5) is 23.2. The normalized spacial score (nSPS) is 23.4. The van der Waals surface area contributed by atoms with E-state index in [4.69, 9.17) is 6.11 Å². The van der Waals surface area contributed by atoms with Crippen LogP contribution in [0.2, 0.25) is 0 Å². The van der Waals surface area contributed by atoms with Crippen molar-refractivity contribution >= 4 is 23.3 Å². The number of carbonyl (C=O) groups is 2. The molecule has 0 aromatic heterocycles. The number of hydrazone groups is 1. The van der Waals surface area contributed by atoms with E-state index in [9.17, 15) is 9.59 Å². The Bertz CT molecular complexity index is 597. The molecule has 1 unspecified atom stereocenters. The Morgan fingerprint density at radius 1 is 1.47 bits per heavy atom. The Morgan fingerprint density at radius 3 is 3.00 bits per heavy atom. The van der Waals surface area contributed by atoms with Gasteiger partial charge in [0, 0.05) is 11.3 Å². The second-order valence-electron chi connectivity index (χ2n) is 4.01. The Labute approximate surface area is 99.1 Å². The maximum absolute atomic E-state index is 11.7. The van der Waals surface area contributed by atoms with Gasteiger partial charge in [-0.2, -0.15) is 5.10 Å². The van der Waals surface area contributed by atoms with Crippen molar-refractivity contribution in [3.05, 3.63) is 29.3 Å². The molecule has 0 saturated carbocycles. The third-order valence-electron chi connectivity index (χ3n) is 2.71. The first-order valence-corrected chi connectivity index (χ1v) is 5.20. The number of cyclic esters (lactones) is 1. The Hall–Kier alpha value is -2.17. The molecular formula is C12H10N2O3. The van der Waals surface area contributed by atoms with Gasteiger partial charge in [0.05, 0.1) is 19.0 Å². The minimum atomic E-state index is -0.971. The Balaban J connectivity index is 2.04. The first-order chi connectivity index (χ1) is 8.56. The molecule has 1 amide bonds. The maximum atomic E-state index is 11.7. The van der Waals surface area contributed by atoms with E-state index in [1.807, 2.05) is 0 Å². The minimum absolute atomic E-state index is 0.124. The highest BCUT2D eigenvalue weighted by atomic mass is 16.5. The highest BCUT2D eigenvalue weighted by Crippen LogP contribution is 2.27. The second kappa shape index (κ2) is 3.41. The molecule has 0 spiro atoms. The van der Waals surface area contributed by atoms with Crippen LogP contribution in [-0.4, -0.2) is 17.6 Å². The molecule has 2 heterocycles. The lowest BCUT2D eigenvalue weighted by molar-refractivity contribution is -0.116. The van der Waals surface area contributed by atoms with Gasteiger partial charge in [0.15, 0.2) is 0 Å². The zero-order chi connectivity index (χ0) is 12.9. The quantitative estimate of drug-likeness (QED) is 0.687. The fourth-order valence-electron chi connectivity index (χ4n) is 1.89. The first kappa shape index (κ1) is 8.92. The van der Waals surface area contributed by atoms with Gasteiger partial charge in [0.2, 0.25) is 0 Å². The molecule has 5 heteroatoms. The van der Waals surface area contributed by atoms with Gasteiger partial charge in [0.1, 0.15) is 6.58 Å². The number of rotatable bonds is 1. The number of esters is 1. The number of ether oxygens (including phenoxy) is 1. The molecule has 0 bridgehead atoms. The van der Waals surface area contributed by atoms with Crippen LogP contribution in [0.3, 0.4) is 0 Å². The predicted octanol–water partition coefficient (Wildman–Crippen LogP) is 1.47. The highest BCUT2D eigenvalue weighted by Gasteiger charge is 2.26. The number of fused-ring (bicyclic) bond motifs is 1. The maximum Gasteiger partial charge on any atom is 0.338 e. The van der Waals surface area contributed by atoms with Crippen molar-refractivity contribution in [2.75, 3.05) is 5.01 Å². The minimum Gasteiger partial charge on any atom is -0.457 e. The van der Waals surface area contributed by atoms with Gasteiger partial charge in [-0.3, -0.25) is 4.79 Å². The fourth-order valence-corrected chi connectivity index (χ4v) is 1.89. The van der Waals surface area contributed by atoms with Gasteiger partial charge in [-0.15, -0.1) is 0 Å². The van der Waals surface area contributed by atoms with Crippen molar-refractivity contribution in [2.24, 2.45) is 5.10 Å². The third-order valence-corrected chi connectivity index (χ3v) is 2.71. The summed E-state index contributed by atoms with van der Waals surface area (Å²) in [5.41, 5.74) is 2.12. The number of benzene rings is 1. The lowest BCUT2D eigenvalue weighted by Gasteiger charge is -2.12. The van der Waals surface area contributed by atoms with Crippen molar-refractivity contribution in [3.63, 3.8) is 0 Å². The molecule has 3 rings (SSSR count). The summed E-state index contributed by atoms with van der Waals surface area (Å²) in [6.07, 6.45) is 0.294. The molecule has 0 fully saturated rings. The molecule has 2 aliphatic heterocycles. The summed E-state index contributed by atoms with van der Waals surface area (Å²) in [6.45, 7) is 0.806. The van der Waals surface area contributed by atoms with Gasteiger partial charge < -0.3 is 4.74 Å². The summed E-state index contributed by atoms with van der Waals surface area (Å²) < 4.78 is 12.3. The predicted molar refractivity (Wildman–Crippen MR) is 60.8 cm³/mol. The average Bonchev–Trinajstić information content (AvgIpc) is 2.80. The molecule has 0 N–H and O–H groups in total. The van der Waals surface area contributed by atoms with Crippen LogP contribution >= 0.6 is 0 Å². The molecule has 0 aliphatic carbocycles. The molecule has 17 heavy (non-hydrogen) atoms. The fraction of sp³-hybridized carbons (Fsp3) is 0.250. The second-order valence-corrected chi connectivity index (χ2v) is 4.01. The standard InChI is InChI=1S/C12H10N2O3/c1-7-4-11(15)14(13-7)9-3-2-8-6-17-12(16)10(8)5-9/h2-3,5H,4,6H2,1H3/i6D. The van der Waals surface area contributed by atoms with E-state index in [0.717, 1.165) is 5.71 Å². The summed E-state index contributed by atoms with van der Waals surface area (Å²) in [7, 11) is 0. The summed E-state index contributed by atoms with van der Waals surface area (Å²) in [5, 5.41) is 5.39. The van der Waals surface area contributed by atoms with Crippen LogP contribution in [0.15, 0.2) is 23.3 Å². The van der Waals surface area contributed by atoms with Crippen LogP contribution in [0, 0.1) is 0 Å². The largest absolute Gasteiger partial charge is 0.457 e. The summed E-state index contributed by atoms with van der Waals surface area (Å²) in [5.74, 6) is -0.652. The highest BCUT2D eigenvalue weighted by molar-refractivity contribution is 6.12. The first-order valence-electron chi connectivity index (χ1n) is 5.78.